The van der Waals surface area contributed by atoms with Gasteiger partial charge in [-0.3, -0.25) is 0 Å². The maximum absolute atomic E-state index is 9.24. The van der Waals surface area contributed by atoms with Crippen molar-refractivity contribution in [2.75, 3.05) is 0 Å². The monoisotopic (exact) mass is 155 g/mol. The molecule has 0 heterocycles. The van der Waals surface area contributed by atoms with E-state index < -0.39 is 0 Å². The predicted octanol–water partition coefficient (Wildman–Crippen LogP) is 1.85. The van der Waals surface area contributed by atoms with Crippen LogP contribution in [0.3, 0.4) is 0 Å². The van der Waals surface area contributed by atoms with Gasteiger partial charge in [-0.05, 0) is 30.7 Å². The van der Waals surface area contributed by atoms with Gasteiger partial charge in [-0.2, -0.15) is 0 Å². The molecule has 0 bridgehead atoms. The summed E-state index contributed by atoms with van der Waals surface area (Å²) < 4.78 is 0. The summed E-state index contributed by atoms with van der Waals surface area (Å²) in [6.07, 6.45) is 2.18. The summed E-state index contributed by atoms with van der Waals surface area (Å²) in [4.78, 5) is 2.76. The number of hydrogen-bond donors (Lipinski definition) is 1. The Morgan fingerprint density at radius 3 is 2.91 bits per heavy atom. The van der Waals surface area contributed by atoms with Crippen LogP contribution >= 0.6 is 0 Å². The highest BCUT2D eigenvalue weighted by Crippen LogP contribution is 2.26. The molecule has 1 rings (SSSR count). The van der Waals surface area contributed by atoms with Crippen molar-refractivity contribution in [3.05, 3.63) is 10.4 Å². The summed E-state index contributed by atoms with van der Waals surface area (Å²) in [7, 11) is 0. The molecule has 4 heteroatoms. The molecule has 0 radical (unpaired) electrons. The first-order valence-corrected chi connectivity index (χ1v) is 3.96. The fourth-order valence-electron chi connectivity index (χ4n) is 1.50. The minimum Gasteiger partial charge on any atom is -0.393 e. The van der Waals surface area contributed by atoms with Crippen LogP contribution in [0.25, 0.3) is 10.4 Å². The van der Waals surface area contributed by atoms with Crippen LogP contribution in [-0.4, -0.2) is 17.3 Å². The van der Waals surface area contributed by atoms with Gasteiger partial charge in [0, 0.05) is 11.0 Å². The highest BCUT2D eigenvalue weighted by molar-refractivity contribution is 4.82. The molecule has 0 aliphatic heterocycles. The lowest BCUT2D eigenvalue weighted by Gasteiger charge is -2.28. The van der Waals surface area contributed by atoms with E-state index in [-0.39, 0.29) is 12.1 Å². The number of hydrogen-bond acceptors (Lipinski definition) is 2. The summed E-state index contributed by atoms with van der Waals surface area (Å²) in [5.41, 5.74) is 8.20. The predicted molar refractivity (Wildman–Crippen MR) is 42.0 cm³/mol. The molecule has 1 aliphatic carbocycles. The molecule has 0 amide bonds. The Bertz CT molecular complexity index is 177. The normalized spacial score (nSPS) is 37.8. The molecule has 62 valence electrons. The molecule has 0 aromatic rings. The molecule has 1 fully saturated rings. The van der Waals surface area contributed by atoms with Gasteiger partial charge in [-0.25, -0.2) is 0 Å². The van der Waals surface area contributed by atoms with Gasteiger partial charge >= 0.3 is 0 Å². The molecule has 4 nitrogen and oxygen atoms in total. The number of nitrogens with zero attached hydrogens (tertiary/aromatic N) is 3. The average Bonchev–Trinajstić information content (AvgIpc) is 1.98. The number of azide groups is 1. The van der Waals surface area contributed by atoms with Crippen molar-refractivity contribution >= 4 is 0 Å². The first kappa shape index (κ1) is 8.37. The Labute approximate surface area is 65.9 Å². The molecule has 11 heavy (non-hydrogen) atoms. The van der Waals surface area contributed by atoms with Crippen LogP contribution in [0.15, 0.2) is 5.11 Å². The summed E-state index contributed by atoms with van der Waals surface area (Å²) >= 11 is 0. The molecular formula is C7H13N3O. The van der Waals surface area contributed by atoms with Crippen molar-refractivity contribution in [2.45, 2.75) is 38.3 Å². The van der Waals surface area contributed by atoms with Crippen molar-refractivity contribution in [2.24, 2.45) is 11.0 Å². The first-order chi connectivity index (χ1) is 5.24. The highest BCUT2D eigenvalue weighted by Gasteiger charge is 2.25. The van der Waals surface area contributed by atoms with Crippen molar-refractivity contribution in [1.29, 1.82) is 0 Å². The van der Waals surface area contributed by atoms with Crippen molar-refractivity contribution in [3.8, 4) is 0 Å². The van der Waals surface area contributed by atoms with E-state index in [1.165, 1.54) is 0 Å². The zero-order valence-corrected chi connectivity index (χ0v) is 6.64. The molecule has 1 saturated carbocycles. The average molecular weight is 155 g/mol. The van der Waals surface area contributed by atoms with E-state index in [1.807, 2.05) is 0 Å². The highest BCUT2D eigenvalue weighted by atomic mass is 16.3. The Balaban J connectivity index is 2.53. The molecule has 1 aliphatic rings. The summed E-state index contributed by atoms with van der Waals surface area (Å²) in [5.74, 6) is 0.425. The molecule has 0 spiro atoms. The number of rotatable bonds is 1. The SMILES string of the molecule is CC1CCC(O)CC1N=[N+]=[N-]. The lowest BCUT2D eigenvalue weighted by Crippen LogP contribution is -2.28. The zero-order chi connectivity index (χ0) is 8.27. The van der Waals surface area contributed by atoms with Gasteiger partial charge < -0.3 is 5.11 Å². The molecular weight excluding hydrogens is 142 g/mol. The summed E-state index contributed by atoms with van der Waals surface area (Å²) in [5, 5.41) is 12.9. The minimum absolute atomic E-state index is 0.00347. The van der Waals surface area contributed by atoms with Gasteiger partial charge in [0.2, 0.25) is 0 Å². The van der Waals surface area contributed by atoms with E-state index in [4.69, 9.17) is 5.53 Å². The molecule has 3 atom stereocenters. The van der Waals surface area contributed by atoms with E-state index in [2.05, 4.69) is 16.9 Å². The second-order valence-corrected chi connectivity index (χ2v) is 3.22. The van der Waals surface area contributed by atoms with E-state index in [0.717, 1.165) is 12.8 Å². The van der Waals surface area contributed by atoms with Crippen LogP contribution in [0, 0.1) is 5.92 Å². The maximum atomic E-state index is 9.24. The second-order valence-electron chi connectivity index (χ2n) is 3.22. The van der Waals surface area contributed by atoms with Gasteiger partial charge in [0.05, 0.1) is 6.10 Å². The minimum atomic E-state index is -0.262. The third kappa shape index (κ3) is 2.10. The number of aliphatic hydroxyl groups excluding tert-OH is 1. The Kier molecular flexibility index (Phi) is 2.74. The zero-order valence-electron chi connectivity index (χ0n) is 6.64. The lowest BCUT2D eigenvalue weighted by atomic mass is 9.85. The Morgan fingerprint density at radius 2 is 2.27 bits per heavy atom. The van der Waals surface area contributed by atoms with E-state index in [1.54, 1.807) is 0 Å². The molecule has 0 aromatic heterocycles. The van der Waals surface area contributed by atoms with Gasteiger partial charge in [0.25, 0.3) is 0 Å². The fraction of sp³-hybridized carbons (Fsp3) is 1.00. The van der Waals surface area contributed by atoms with Gasteiger partial charge in [0.1, 0.15) is 0 Å². The molecule has 0 aromatic carbocycles. The van der Waals surface area contributed by atoms with Crippen LogP contribution in [0.4, 0.5) is 0 Å². The molecule has 0 saturated heterocycles. The largest absolute Gasteiger partial charge is 0.393 e. The van der Waals surface area contributed by atoms with Crippen molar-refractivity contribution in [1.82, 2.24) is 0 Å². The number of aliphatic hydroxyl groups is 1. The van der Waals surface area contributed by atoms with Gasteiger partial charge in [-0.1, -0.05) is 12.0 Å². The van der Waals surface area contributed by atoms with E-state index in [0.29, 0.717) is 12.3 Å². The van der Waals surface area contributed by atoms with Crippen LogP contribution in [0.2, 0.25) is 0 Å². The topological polar surface area (TPSA) is 69.0 Å². The Hall–Kier alpha value is -0.730. The van der Waals surface area contributed by atoms with Crippen molar-refractivity contribution < 1.29 is 5.11 Å². The molecule has 1 N–H and O–H groups in total. The van der Waals surface area contributed by atoms with Crippen LogP contribution in [0.1, 0.15) is 26.2 Å². The smallest absolute Gasteiger partial charge is 0.0544 e. The Morgan fingerprint density at radius 1 is 1.55 bits per heavy atom. The quantitative estimate of drug-likeness (QED) is 0.350. The van der Waals surface area contributed by atoms with Gasteiger partial charge in [-0.15, -0.1) is 0 Å². The summed E-state index contributed by atoms with van der Waals surface area (Å²) in [6, 6.07) is 0.00347. The van der Waals surface area contributed by atoms with E-state index >= 15 is 0 Å². The van der Waals surface area contributed by atoms with Crippen LogP contribution in [-0.2, 0) is 0 Å². The second kappa shape index (κ2) is 3.60. The van der Waals surface area contributed by atoms with Crippen LogP contribution in [0.5, 0.6) is 0 Å². The third-order valence-electron chi connectivity index (χ3n) is 2.33. The third-order valence-corrected chi connectivity index (χ3v) is 2.33. The van der Waals surface area contributed by atoms with E-state index in [9.17, 15) is 5.11 Å². The maximum Gasteiger partial charge on any atom is 0.0544 e. The summed E-state index contributed by atoms with van der Waals surface area (Å²) in [6.45, 7) is 2.06. The fourth-order valence-corrected chi connectivity index (χ4v) is 1.50. The first-order valence-electron chi connectivity index (χ1n) is 3.96. The standard InChI is InChI=1S/C7H13N3O/c1-5-2-3-6(11)4-7(5)9-10-8/h5-7,11H,2-4H2,1H3. The molecule has 3 unspecified atom stereocenters. The lowest BCUT2D eigenvalue weighted by molar-refractivity contribution is 0.0998. The van der Waals surface area contributed by atoms with Crippen molar-refractivity contribution in [3.63, 3.8) is 0 Å². The van der Waals surface area contributed by atoms with Gasteiger partial charge in [0.15, 0.2) is 0 Å². The van der Waals surface area contributed by atoms with Crippen LogP contribution < -0.4 is 0 Å².